The average Bonchev–Trinajstić information content (AvgIpc) is 2.52. The fourth-order valence-corrected chi connectivity index (χ4v) is 120. The molecule has 0 heterocycles. The van der Waals surface area contributed by atoms with Crippen molar-refractivity contribution in [1.29, 1.82) is 0 Å². The number of hydrogen-bond donors (Lipinski definition) is 0. The molecule has 0 rings (SSSR count). The van der Waals surface area contributed by atoms with Crippen molar-refractivity contribution < 1.29 is 0 Å². The van der Waals surface area contributed by atoms with Gasteiger partial charge in [-0.2, -0.15) is 11.1 Å². The standard InChI is InChI=1S/C18H45ClSi5.C6H15Si.ClGe/c1-16(2,3)22(10,11)20(19)21(23(12,13)17(4,5)6)24(14,15)18(7,8)9;1-6(2,3)7(4)5;1-2/h1-15H3;1-5H3;. The second-order valence-corrected chi connectivity index (χ2v) is 62.5. The summed E-state index contributed by atoms with van der Waals surface area (Å²) < 4.78 is 0. The third-order valence-corrected chi connectivity index (χ3v) is 94.5. The molecule has 9 heteroatoms. The van der Waals surface area contributed by atoms with E-state index in [1.54, 1.807) is 0 Å². The van der Waals surface area contributed by atoms with Gasteiger partial charge in [0.1, 0.15) is 7.14 Å². The summed E-state index contributed by atoms with van der Waals surface area (Å²) in [4.78, 5) is 0. The van der Waals surface area contributed by atoms with Crippen LogP contribution in [-0.4, -0.2) is 61.6 Å². The third kappa shape index (κ3) is 11.0. The number of rotatable bonds is 4. The van der Waals surface area contributed by atoms with E-state index in [0.717, 1.165) is 0 Å². The Morgan fingerprint density at radius 1 is 0.515 bits per heavy atom. The minimum absolute atomic E-state index is 0.0502. The van der Waals surface area contributed by atoms with Gasteiger partial charge in [0.15, 0.2) is 0 Å². The first kappa shape index (κ1) is 39.9. The van der Waals surface area contributed by atoms with E-state index in [9.17, 15) is 0 Å². The summed E-state index contributed by atoms with van der Waals surface area (Å²) in [6.07, 6.45) is 0. The number of halogens is 2. The quantitative estimate of drug-likeness (QED) is 0.208. The van der Waals surface area contributed by atoms with Crippen LogP contribution in [-0.2, 0) is 0 Å². The predicted octanol–water partition coefficient (Wildman–Crippen LogP) is 10.4. The van der Waals surface area contributed by atoms with Gasteiger partial charge in [-0.15, -0.1) is 0 Å². The Morgan fingerprint density at radius 2 is 0.697 bits per heavy atom. The molecule has 0 aromatic rings. The second-order valence-electron chi connectivity index (χ2n) is 15.6. The third-order valence-electron chi connectivity index (χ3n) is 9.14. The van der Waals surface area contributed by atoms with E-state index in [0.29, 0.717) is 20.2 Å². The molecule has 33 heavy (non-hydrogen) atoms. The molecule has 0 aromatic carbocycles. The van der Waals surface area contributed by atoms with Gasteiger partial charge in [-0.3, -0.25) is 0 Å². The van der Waals surface area contributed by atoms with E-state index < -0.39 is 37.3 Å². The molecule has 0 aromatic heterocycles. The first-order chi connectivity index (χ1) is 14.0. The van der Waals surface area contributed by atoms with E-state index in [1.807, 2.05) is 0 Å². The summed E-state index contributed by atoms with van der Waals surface area (Å²) in [5.41, 5.74) is 0. The molecular weight excluding hydrogens is 600 g/mol. The van der Waals surface area contributed by atoms with Crippen LogP contribution in [0, 0.1) is 0 Å². The van der Waals surface area contributed by atoms with Crippen molar-refractivity contribution in [3.05, 3.63) is 0 Å². The predicted molar refractivity (Wildman–Crippen MR) is 178 cm³/mol. The molecule has 0 aliphatic rings. The molecule has 0 N–H and O–H groups in total. The van der Waals surface area contributed by atoms with Crippen molar-refractivity contribution in [2.75, 3.05) is 0 Å². The van der Waals surface area contributed by atoms with Gasteiger partial charge in [-0.25, -0.2) is 0 Å². The van der Waals surface area contributed by atoms with Crippen molar-refractivity contribution >= 4 is 82.7 Å². The molecule has 0 amide bonds. The van der Waals surface area contributed by atoms with Gasteiger partial charge < -0.3 is 0 Å². The summed E-state index contributed by atoms with van der Waals surface area (Å²) in [7, 11) is -1.04. The molecular formula is C24H60Cl2GeSi6. The summed E-state index contributed by atoms with van der Waals surface area (Å²) in [5, 5.41) is 1.91. The van der Waals surface area contributed by atoms with Gasteiger partial charge in [-0.1, -0.05) is 135 Å². The van der Waals surface area contributed by atoms with E-state index in [4.69, 9.17) is 11.1 Å². The van der Waals surface area contributed by atoms with Crippen LogP contribution in [0.4, 0.5) is 0 Å². The molecule has 0 spiro atoms. The van der Waals surface area contributed by atoms with Crippen LogP contribution in [0.1, 0.15) is 83.1 Å². The van der Waals surface area contributed by atoms with Crippen LogP contribution >= 0.6 is 21.1 Å². The van der Waals surface area contributed by atoms with Gasteiger partial charge in [-0.05, 0) is 20.2 Å². The fourth-order valence-electron chi connectivity index (χ4n) is 2.72. The van der Waals surface area contributed by atoms with E-state index in [2.05, 4.69) is 145 Å². The van der Waals surface area contributed by atoms with Gasteiger partial charge >= 0.3 is 25.6 Å². The van der Waals surface area contributed by atoms with Crippen molar-refractivity contribution in [2.24, 2.45) is 0 Å². The molecule has 0 unspecified atom stereocenters. The van der Waals surface area contributed by atoms with Gasteiger partial charge in [0.05, 0.1) is 7.59 Å². The number of hydrogen-bond acceptors (Lipinski definition) is 0. The van der Waals surface area contributed by atoms with Crippen LogP contribution < -0.4 is 0 Å². The first-order valence-corrected chi connectivity index (χ1v) is 34.6. The molecule has 0 bridgehead atoms. The summed E-state index contributed by atoms with van der Waals surface area (Å²) in [6, 6.07) is 0. The second kappa shape index (κ2) is 13.5. The van der Waals surface area contributed by atoms with Gasteiger partial charge in [0.25, 0.3) is 0 Å². The van der Waals surface area contributed by atoms with E-state index in [-0.39, 0.29) is 8.80 Å². The SMILES string of the molecule is CC(C)(C)[Si](C)(C)[Si](Cl)[Si]([Si](C)(C)C(C)(C)C)[Si](C)(C)C(C)(C)C.C[Si](C)C(C)(C)C.[Cl][Ge]. The molecule has 198 valence electrons. The van der Waals surface area contributed by atoms with Crippen molar-refractivity contribution in [2.45, 2.75) is 156 Å². The summed E-state index contributed by atoms with van der Waals surface area (Å²) in [5.74, 6) is 0. The summed E-state index contributed by atoms with van der Waals surface area (Å²) in [6.45, 7) is 50.1. The van der Waals surface area contributed by atoms with Crippen molar-refractivity contribution in [3.8, 4) is 0 Å². The van der Waals surface area contributed by atoms with Crippen LogP contribution in [0.5, 0.6) is 0 Å². The molecule has 0 nitrogen and oxygen atoms in total. The minimum atomic E-state index is -1.47. The molecule has 0 saturated carbocycles. The Hall–Kier alpha value is 2.42. The first-order valence-electron chi connectivity index (χ1n) is 12.4. The maximum absolute atomic E-state index is 7.68. The van der Waals surface area contributed by atoms with Crippen LogP contribution in [0.2, 0.25) is 72.5 Å². The Bertz CT molecular complexity index is 539. The zero-order chi connectivity index (χ0) is 28.2. The molecule has 0 aliphatic heterocycles. The van der Waals surface area contributed by atoms with Gasteiger partial charge in [0.2, 0.25) is 0 Å². The normalized spacial score (nSPS) is 14.7. The Morgan fingerprint density at radius 3 is 0.818 bits per heavy atom. The Labute approximate surface area is 236 Å². The molecule has 0 fully saturated rings. The zero-order valence-corrected chi connectivity index (χ0v) is 35.9. The molecule has 0 saturated heterocycles. The van der Waals surface area contributed by atoms with Crippen molar-refractivity contribution in [1.82, 2.24) is 0 Å². The van der Waals surface area contributed by atoms with Crippen LogP contribution in [0.15, 0.2) is 0 Å². The topological polar surface area (TPSA) is 0 Å². The molecule has 0 aliphatic carbocycles. The van der Waals surface area contributed by atoms with Gasteiger partial charge in [0, 0.05) is 31.3 Å². The van der Waals surface area contributed by atoms with Crippen LogP contribution in [0.25, 0.3) is 0 Å². The Kier molecular flexibility index (Phi) is 16.3. The Balaban J connectivity index is -0.000000846. The maximum atomic E-state index is 7.68. The van der Waals surface area contributed by atoms with E-state index in [1.165, 1.54) is 15.6 Å². The average molecular weight is 661 g/mol. The molecule has 0 atom stereocenters. The van der Waals surface area contributed by atoms with Crippen LogP contribution in [0.3, 0.4) is 0 Å². The monoisotopic (exact) mass is 660 g/mol. The molecule has 6 radical (unpaired) electrons. The fraction of sp³-hybridized carbons (Fsp3) is 1.00. The van der Waals surface area contributed by atoms with E-state index >= 15 is 0 Å². The zero-order valence-electron chi connectivity index (χ0n) is 26.3. The van der Waals surface area contributed by atoms with Crippen molar-refractivity contribution in [3.63, 3.8) is 0 Å². The summed E-state index contributed by atoms with van der Waals surface area (Å²) >= 11 is 9.15.